The molecule has 2 aliphatic rings. The molecule has 8 nitrogen and oxygen atoms in total. The second kappa shape index (κ2) is 9.16. The van der Waals surface area contributed by atoms with Gasteiger partial charge in [-0.3, -0.25) is 14.4 Å². The molecule has 0 spiro atoms. The third-order valence-corrected chi connectivity index (χ3v) is 7.37. The van der Waals surface area contributed by atoms with Crippen molar-refractivity contribution < 1.29 is 22.8 Å². The standard InChI is InChI=1S/C21H29N3O5S/c1-15-5-7-17(8-6-15)21(27)24-9-3-4-18(14-24)19(25)22-16(2)20(26)23-10-12-30(28,29)13-11-23/h5-8,16,18H,3-4,9-14H2,1-2H3,(H,22,25). The zero-order valence-corrected chi connectivity index (χ0v) is 18.3. The number of likely N-dealkylation sites (tertiary alicyclic amines) is 1. The molecule has 0 radical (unpaired) electrons. The third-order valence-electron chi connectivity index (χ3n) is 5.76. The third kappa shape index (κ3) is 5.38. The monoisotopic (exact) mass is 435 g/mol. The number of rotatable bonds is 4. The first-order valence-electron chi connectivity index (χ1n) is 10.3. The van der Waals surface area contributed by atoms with E-state index in [1.807, 2.05) is 19.1 Å². The molecule has 164 valence electrons. The van der Waals surface area contributed by atoms with Gasteiger partial charge >= 0.3 is 0 Å². The van der Waals surface area contributed by atoms with Crippen LogP contribution in [0.1, 0.15) is 35.7 Å². The van der Waals surface area contributed by atoms with E-state index >= 15 is 0 Å². The molecule has 3 rings (SSSR count). The average molecular weight is 436 g/mol. The SMILES string of the molecule is Cc1ccc(C(=O)N2CCCC(C(=O)NC(C)C(=O)N3CCS(=O)(=O)CC3)C2)cc1. The number of piperidine rings is 1. The van der Waals surface area contributed by atoms with Gasteiger partial charge < -0.3 is 15.1 Å². The molecule has 2 heterocycles. The summed E-state index contributed by atoms with van der Waals surface area (Å²) in [6.45, 7) is 4.81. The number of carbonyl (C=O) groups excluding carboxylic acids is 3. The van der Waals surface area contributed by atoms with E-state index in [4.69, 9.17) is 0 Å². The summed E-state index contributed by atoms with van der Waals surface area (Å²) in [4.78, 5) is 41.2. The van der Waals surface area contributed by atoms with Gasteiger partial charge in [0.25, 0.3) is 5.91 Å². The Bertz CT molecular complexity index is 899. The lowest BCUT2D eigenvalue weighted by atomic mass is 9.96. The summed E-state index contributed by atoms with van der Waals surface area (Å²) in [6.07, 6.45) is 1.38. The minimum absolute atomic E-state index is 0.0435. The minimum atomic E-state index is -3.07. The largest absolute Gasteiger partial charge is 0.344 e. The number of benzene rings is 1. The number of nitrogens with zero attached hydrogens (tertiary/aromatic N) is 2. The molecule has 0 saturated carbocycles. The Morgan fingerprint density at radius 3 is 2.30 bits per heavy atom. The smallest absolute Gasteiger partial charge is 0.253 e. The molecule has 3 amide bonds. The van der Waals surface area contributed by atoms with Crippen LogP contribution >= 0.6 is 0 Å². The molecule has 0 aliphatic carbocycles. The van der Waals surface area contributed by atoms with Gasteiger partial charge in [0.05, 0.1) is 17.4 Å². The molecule has 2 atom stereocenters. The molecule has 1 N–H and O–H groups in total. The molecule has 2 aliphatic heterocycles. The Morgan fingerprint density at radius 2 is 1.67 bits per heavy atom. The van der Waals surface area contributed by atoms with Gasteiger partial charge in [0.15, 0.2) is 9.84 Å². The maximum atomic E-state index is 12.8. The van der Waals surface area contributed by atoms with Crippen molar-refractivity contribution in [3.63, 3.8) is 0 Å². The summed E-state index contributed by atoms with van der Waals surface area (Å²) < 4.78 is 23.1. The number of nitrogens with one attached hydrogen (secondary N) is 1. The van der Waals surface area contributed by atoms with E-state index in [2.05, 4.69) is 5.32 Å². The molecular formula is C21H29N3O5S. The van der Waals surface area contributed by atoms with Gasteiger partial charge in [-0.25, -0.2) is 8.42 Å². The number of amides is 3. The Balaban J connectivity index is 1.55. The predicted molar refractivity (Wildman–Crippen MR) is 113 cm³/mol. The second-order valence-electron chi connectivity index (χ2n) is 8.16. The molecule has 2 saturated heterocycles. The van der Waals surface area contributed by atoms with Crippen molar-refractivity contribution in [3.05, 3.63) is 35.4 Å². The van der Waals surface area contributed by atoms with Crippen LogP contribution in [0, 0.1) is 12.8 Å². The maximum Gasteiger partial charge on any atom is 0.253 e. The van der Waals surface area contributed by atoms with Crippen molar-refractivity contribution in [1.29, 1.82) is 0 Å². The summed E-state index contributed by atoms with van der Waals surface area (Å²) in [6, 6.07) is 6.63. The number of hydrogen-bond acceptors (Lipinski definition) is 5. The van der Waals surface area contributed by atoms with Gasteiger partial charge in [0.1, 0.15) is 6.04 Å². The Labute approximate surface area is 177 Å². The molecule has 1 aromatic rings. The number of sulfone groups is 1. The zero-order chi connectivity index (χ0) is 21.9. The highest BCUT2D eigenvalue weighted by atomic mass is 32.2. The second-order valence-corrected chi connectivity index (χ2v) is 10.5. The predicted octanol–water partition coefficient (Wildman–Crippen LogP) is 0.609. The first-order chi connectivity index (χ1) is 14.2. The highest BCUT2D eigenvalue weighted by molar-refractivity contribution is 7.91. The fourth-order valence-electron chi connectivity index (χ4n) is 3.85. The Morgan fingerprint density at radius 1 is 1.03 bits per heavy atom. The average Bonchev–Trinajstić information content (AvgIpc) is 2.73. The zero-order valence-electron chi connectivity index (χ0n) is 17.5. The molecule has 0 aromatic heterocycles. The molecular weight excluding hydrogens is 406 g/mol. The van der Waals surface area contributed by atoms with Gasteiger partial charge in [-0.15, -0.1) is 0 Å². The molecule has 9 heteroatoms. The van der Waals surface area contributed by atoms with E-state index in [1.165, 1.54) is 4.90 Å². The van der Waals surface area contributed by atoms with Crippen LogP contribution in [-0.2, 0) is 19.4 Å². The van der Waals surface area contributed by atoms with Gasteiger partial charge in [-0.1, -0.05) is 17.7 Å². The van der Waals surface area contributed by atoms with E-state index in [1.54, 1.807) is 24.0 Å². The summed E-state index contributed by atoms with van der Waals surface area (Å²) in [7, 11) is -3.07. The Hall–Kier alpha value is -2.42. The lowest BCUT2D eigenvalue weighted by molar-refractivity contribution is -0.137. The Kier molecular flexibility index (Phi) is 6.80. The van der Waals surface area contributed by atoms with Crippen molar-refractivity contribution in [3.8, 4) is 0 Å². The highest BCUT2D eigenvalue weighted by Gasteiger charge is 2.32. The van der Waals surface area contributed by atoms with Gasteiger partial charge in [0, 0.05) is 31.7 Å². The molecule has 1 aromatic carbocycles. The highest BCUT2D eigenvalue weighted by Crippen LogP contribution is 2.19. The van der Waals surface area contributed by atoms with Crippen LogP contribution < -0.4 is 5.32 Å². The molecule has 0 bridgehead atoms. The van der Waals surface area contributed by atoms with Gasteiger partial charge in [-0.2, -0.15) is 0 Å². The van der Waals surface area contributed by atoms with Gasteiger partial charge in [0.2, 0.25) is 11.8 Å². The van der Waals surface area contributed by atoms with Crippen molar-refractivity contribution >= 4 is 27.6 Å². The van der Waals surface area contributed by atoms with Crippen molar-refractivity contribution in [2.45, 2.75) is 32.7 Å². The van der Waals surface area contributed by atoms with E-state index in [0.29, 0.717) is 25.1 Å². The van der Waals surface area contributed by atoms with Crippen LogP contribution in [0.2, 0.25) is 0 Å². The normalized spacial score (nSPS) is 22.3. The number of carbonyl (C=O) groups is 3. The van der Waals surface area contributed by atoms with Crippen LogP contribution in [0.5, 0.6) is 0 Å². The molecule has 2 unspecified atom stereocenters. The lowest BCUT2D eigenvalue weighted by Gasteiger charge is -2.33. The number of hydrogen-bond donors (Lipinski definition) is 1. The van der Waals surface area contributed by atoms with E-state index in [0.717, 1.165) is 12.0 Å². The minimum Gasteiger partial charge on any atom is -0.344 e. The van der Waals surface area contributed by atoms with E-state index in [-0.39, 0.29) is 48.2 Å². The fraction of sp³-hybridized carbons (Fsp3) is 0.571. The van der Waals surface area contributed by atoms with E-state index < -0.39 is 15.9 Å². The van der Waals surface area contributed by atoms with Crippen LogP contribution in [0.25, 0.3) is 0 Å². The van der Waals surface area contributed by atoms with E-state index in [9.17, 15) is 22.8 Å². The lowest BCUT2D eigenvalue weighted by Crippen LogP contribution is -2.54. The number of aryl methyl sites for hydroxylation is 1. The van der Waals surface area contributed by atoms with Crippen LogP contribution in [0.15, 0.2) is 24.3 Å². The summed E-state index contributed by atoms with van der Waals surface area (Å²) in [5.41, 5.74) is 1.68. The van der Waals surface area contributed by atoms with Gasteiger partial charge in [-0.05, 0) is 38.8 Å². The van der Waals surface area contributed by atoms with Crippen LogP contribution in [0.4, 0.5) is 0 Å². The van der Waals surface area contributed by atoms with Crippen molar-refractivity contribution in [1.82, 2.24) is 15.1 Å². The first-order valence-corrected chi connectivity index (χ1v) is 12.1. The summed E-state index contributed by atoms with van der Waals surface area (Å²) in [5.74, 6) is -1.07. The topological polar surface area (TPSA) is 104 Å². The molecule has 2 fully saturated rings. The molecule has 30 heavy (non-hydrogen) atoms. The first kappa shape index (κ1) is 22.3. The van der Waals surface area contributed by atoms with Crippen molar-refractivity contribution in [2.75, 3.05) is 37.7 Å². The summed E-state index contributed by atoms with van der Waals surface area (Å²) >= 11 is 0. The summed E-state index contributed by atoms with van der Waals surface area (Å²) in [5, 5.41) is 2.76. The van der Waals surface area contributed by atoms with Crippen LogP contribution in [-0.4, -0.2) is 79.7 Å². The maximum absolute atomic E-state index is 12.8. The fourth-order valence-corrected chi connectivity index (χ4v) is 5.06. The quantitative estimate of drug-likeness (QED) is 0.746. The van der Waals surface area contributed by atoms with Crippen molar-refractivity contribution in [2.24, 2.45) is 5.92 Å². The van der Waals surface area contributed by atoms with Crippen LogP contribution in [0.3, 0.4) is 0 Å².